The molecule has 0 spiro atoms. The zero-order valence-corrected chi connectivity index (χ0v) is 16.6. The number of amides is 2. The number of carbonyl (C=O) groups is 2. The molecule has 3 rings (SSSR count). The van der Waals surface area contributed by atoms with Crippen molar-refractivity contribution in [1.82, 2.24) is 15.6 Å². The molecule has 29 heavy (non-hydrogen) atoms. The minimum atomic E-state index is -0.399. The Morgan fingerprint density at radius 1 is 1.03 bits per heavy atom. The van der Waals surface area contributed by atoms with Crippen LogP contribution >= 0.6 is 11.6 Å². The summed E-state index contributed by atoms with van der Waals surface area (Å²) < 4.78 is 0. The predicted molar refractivity (Wildman–Crippen MR) is 114 cm³/mol. The van der Waals surface area contributed by atoms with Gasteiger partial charge in [0.2, 0.25) is 0 Å². The summed E-state index contributed by atoms with van der Waals surface area (Å²) in [5, 5.41) is 6.11. The molecular formula is C23H20ClN3O2. The molecule has 1 heterocycles. The minimum absolute atomic E-state index is 0.141. The number of nitrogens with zero attached hydrogens (tertiary/aromatic N) is 1. The van der Waals surface area contributed by atoms with Crippen LogP contribution in [0, 0.1) is 6.92 Å². The number of hydrogen-bond acceptors (Lipinski definition) is 3. The van der Waals surface area contributed by atoms with Crippen molar-refractivity contribution >= 4 is 29.5 Å². The highest BCUT2D eigenvalue weighted by molar-refractivity contribution is 6.30. The first-order chi connectivity index (χ1) is 14.0. The van der Waals surface area contributed by atoms with Crippen LogP contribution in [-0.4, -0.2) is 16.8 Å². The number of aryl methyl sites for hydroxylation is 1. The lowest BCUT2D eigenvalue weighted by Crippen LogP contribution is -2.34. The van der Waals surface area contributed by atoms with Crippen molar-refractivity contribution in [2.75, 3.05) is 0 Å². The van der Waals surface area contributed by atoms with E-state index in [1.807, 2.05) is 25.1 Å². The van der Waals surface area contributed by atoms with Crippen molar-refractivity contribution in [1.29, 1.82) is 0 Å². The standard InChI is InChI=1S/C23H20ClN3O2/c1-16-4-8-19(9-5-16)22(28)27-21(13-17-6-10-20(24)11-7-17)23(29)26-15-18-3-2-12-25-14-18/h2-14H,15H2,1H3,(H,26,29)(H,27,28)/b21-13-. The molecule has 0 saturated heterocycles. The summed E-state index contributed by atoms with van der Waals surface area (Å²) in [5.74, 6) is -0.758. The van der Waals surface area contributed by atoms with Crippen LogP contribution in [0.3, 0.4) is 0 Å². The third kappa shape index (κ3) is 6.02. The van der Waals surface area contributed by atoms with E-state index in [-0.39, 0.29) is 11.6 Å². The van der Waals surface area contributed by atoms with Gasteiger partial charge in [-0.2, -0.15) is 0 Å². The molecule has 0 unspecified atom stereocenters. The lowest BCUT2D eigenvalue weighted by molar-refractivity contribution is -0.117. The molecule has 1 aromatic heterocycles. The maximum absolute atomic E-state index is 12.8. The second kappa shape index (κ2) is 9.66. The van der Waals surface area contributed by atoms with Crippen molar-refractivity contribution in [3.63, 3.8) is 0 Å². The first-order valence-electron chi connectivity index (χ1n) is 9.03. The van der Waals surface area contributed by atoms with Gasteiger partial charge in [0.05, 0.1) is 0 Å². The Kier molecular flexibility index (Phi) is 6.76. The SMILES string of the molecule is Cc1ccc(C(=O)N/C(=C\c2ccc(Cl)cc2)C(=O)NCc2cccnc2)cc1. The number of nitrogens with one attached hydrogen (secondary N) is 2. The molecule has 0 aliphatic heterocycles. The van der Waals surface area contributed by atoms with Crippen LogP contribution in [0.2, 0.25) is 5.02 Å². The smallest absolute Gasteiger partial charge is 0.268 e. The summed E-state index contributed by atoms with van der Waals surface area (Å²) >= 11 is 5.93. The molecule has 0 bridgehead atoms. The molecule has 0 aliphatic rings. The maximum Gasteiger partial charge on any atom is 0.268 e. The third-order valence-electron chi connectivity index (χ3n) is 4.16. The molecule has 3 aromatic rings. The van der Waals surface area contributed by atoms with Crippen LogP contribution in [0.25, 0.3) is 6.08 Å². The second-order valence-electron chi connectivity index (χ2n) is 6.47. The topological polar surface area (TPSA) is 71.1 Å². The van der Waals surface area contributed by atoms with Gasteiger partial charge in [-0.25, -0.2) is 0 Å². The van der Waals surface area contributed by atoms with Crippen LogP contribution in [0.5, 0.6) is 0 Å². The number of halogens is 1. The van der Waals surface area contributed by atoms with E-state index in [1.165, 1.54) is 0 Å². The van der Waals surface area contributed by atoms with Crippen LogP contribution in [0.4, 0.5) is 0 Å². The molecule has 2 N–H and O–H groups in total. The van der Waals surface area contributed by atoms with E-state index >= 15 is 0 Å². The van der Waals surface area contributed by atoms with E-state index in [9.17, 15) is 9.59 Å². The van der Waals surface area contributed by atoms with Gasteiger partial charge in [-0.05, 0) is 54.5 Å². The van der Waals surface area contributed by atoms with Gasteiger partial charge in [0.15, 0.2) is 0 Å². The van der Waals surface area contributed by atoms with Crippen LogP contribution in [-0.2, 0) is 11.3 Å². The Morgan fingerprint density at radius 3 is 2.41 bits per heavy atom. The van der Waals surface area contributed by atoms with Crippen molar-refractivity contribution in [3.05, 3.63) is 106 Å². The van der Waals surface area contributed by atoms with Crippen LogP contribution < -0.4 is 10.6 Å². The third-order valence-corrected chi connectivity index (χ3v) is 4.42. The van der Waals surface area contributed by atoms with Gasteiger partial charge in [-0.3, -0.25) is 14.6 Å². The molecule has 0 fully saturated rings. The highest BCUT2D eigenvalue weighted by atomic mass is 35.5. The van der Waals surface area contributed by atoms with E-state index in [2.05, 4.69) is 15.6 Å². The lowest BCUT2D eigenvalue weighted by Gasteiger charge is -2.11. The summed E-state index contributed by atoms with van der Waals surface area (Å²) in [5.41, 5.74) is 3.26. The normalized spacial score (nSPS) is 11.0. The van der Waals surface area contributed by atoms with E-state index < -0.39 is 5.91 Å². The van der Waals surface area contributed by atoms with Crippen molar-refractivity contribution in [3.8, 4) is 0 Å². The average molecular weight is 406 g/mol. The fourth-order valence-corrected chi connectivity index (χ4v) is 2.69. The van der Waals surface area contributed by atoms with Gasteiger partial charge in [0, 0.05) is 29.5 Å². The summed E-state index contributed by atoms with van der Waals surface area (Å²) in [6.07, 6.45) is 4.95. The molecule has 146 valence electrons. The summed E-state index contributed by atoms with van der Waals surface area (Å²) in [4.78, 5) is 29.4. The number of rotatable bonds is 6. The number of benzene rings is 2. The molecule has 0 atom stereocenters. The maximum atomic E-state index is 12.8. The van der Waals surface area contributed by atoms with Crippen LogP contribution in [0.1, 0.15) is 27.0 Å². The molecule has 2 amide bonds. The first-order valence-corrected chi connectivity index (χ1v) is 9.41. The zero-order valence-electron chi connectivity index (χ0n) is 15.9. The number of hydrogen-bond donors (Lipinski definition) is 2. The summed E-state index contributed by atoms with van der Waals surface area (Å²) in [6.45, 7) is 2.24. The van der Waals surface area contributed by atoms with E-state index in [0.29, 0.717) is 17.1 Å². The van der Waals surface area contributed by atoms with Gasteiger partial charge in [-0.15, -0.1) is 0 Å². The van der Waals surface area contributed by atoms with Gasteiger partial charge in [-0.1, -0.05) is 47.5 Å². The van der Waals surface area contributed by atoms with Gasteiger partial charge in [0.25, 0.3) is 11.8 Å². The molecule has 0 radical (unpaired) electrons. The number of pyridine rings is 1. The van der Waals surface area contributed by atoms with Gasteiger partial charge >= 0.3 is 0 Å². The molecule has 0 aliphatic carbocycles. The Balaban J connectivity index is 1.80. The first kappa shape index (κ1) is 20.3. The average Bonchev–Trinajstić information content (AvgIpc) is 2.74. The van der Waals surface area contributed by atoms with E-state index in [4.69, 9.17) is 11.6 Å². The molecular weight excluding hydrogens is 386 g/mol. The highest BCUT2D eigenvalue weighted by Crippen LogP contribution is 2.13. The van der Waals surface area contributed by atoms with Crippen molar-refractivity contribution in [2.24, 2.45) is 0 Å². The van der Waals surface area contributed by atoms with Gasteiger partial charge in [0.1, 0.15) is 5.70 Å². The molecule has 6 heteroatoms. The fourth-order valence-electron chi connectivity index (χ4n) is 2.56. The van der Waals surface area contributed by atoms with E-state index in [0.717, 1.165) is 16.7 Å². The largest absolute Gasteiger partial charge is 0.347 e. The molecule has 0 saturated carbocycles. The Hall–Kier alpha value is -3.44. The Labute approximate surface area is 174 Å². The quantitative estimate of drug-likeness (QED) is 0.606. The summed E-state index contributed by atoms with van der Waals surface area (Å²) in [7, 11) is 0. The number of carbonyl (C=O) groups excluding carboxylic acids is 2. The van der Waals surface area contributed by atoms with Gasteiger partial charge < -0.3 is 10.6 Å². The second-order valence-corrected chi connectivity index (χ2v) is 6.91. The zero-order chi connectivity index (χ0) is 20.6. The monoisotopic (exact) mass is 405 g/mol. The van der Waals surface area contributed by atoms with Crippen LogP contribution in [0.15, 0.2) is 78.8 Å². The minimum Gasteiger partial charge on any atom is -0.347 e. The Bertz CT molecular complexity index is 1010. The number of aromatic nitrogens is 1. The predicted octanol–water partition coefficient (Wildman–Crippen LogP) is 4.13. The van der Waals surface area contributed by atoms with E-state index in [1.54, 1.807) is 60.9 Å². The Morgan fingerprint density at radius 2 is 1.76 bits per heavy atom. The highest BCUT2D eigenvalue weighted by Gasteiger charge is 2.14. The van der Waals surface area contributed by atoms with Crippen molar-refractivity contribution < 1.29 is 9.59 Å². The fraction of sp³-hybridized carbons (Fsp3) is 0.0870. The lowest BCUT2D eigenvalue weighted by atomic mass is 10.1. The van der Waals surface area contributed by atoms with Crippen molar-refractivity contribution in [2.45, 2.75) is 13.5 Å². The molecule has 2 aromatic carbocycles. The molecule has 5 nitrogen and oxygen atoms in total. The summed E-state index contributed by atoms with van der Waals surface area (Å²) in [6, 6.07) is 17.8.